The number of aromatic nitrogens is 7. The molecule has 0 spiro atoms. The van der Waals surface area contributed by atoms with Crippen molar-refractivity contribution in [1.82, 2.24) is 34.9 Å². The van der Waals surface area contributed by atoms with Crippen LogP contribution in [0.4, 0.5) is 0 Å². The third kappa shape index (κ3) is 6.03. The topological polar surface area (TPSA) is 120 Å². The van der Waals surface area contributed by atoms with Gasteiger partial charge in [0.2, 0.25) is 0 Å². The van der Waals surface area contributed by atoms with Crippen molar-refractivity contribution < 1.29 is 0 Å². The number of rotatable bonds is 7. The molecule has 4 aromatic rings. The van der Waals surface area contributed by atoms with Crippen molar-refractivity contribution in [2.24, 2.45) is 0 Å². The molecule has 45 heavy (non-hydrogen) atoms. The molecule has 224 valence electrons. The van der Waals surface area contributed by atoms with Gasteiger partial charge in [-0.05, 0) is 34.1 Å². The van der Waals surface area contributed by atoms with E-state index in [0.29, 0.717) is 46.0 Å². The zero-order valence-corrected chi connectivity index (χ0v) is 26.0. The fourth-order valence-electron chi connectivity index (χ4n) is 5.24. The summed E-state index contributed by atoms with van der Waals surface area (Å²) < 4.78 is 0. The van der Waals surface area contributed by atoms with Crippen LogP contribution in [0.3, 0.4) is 0 Å². The maximum atomic E-state index is 9.06. The van der Waals surface area contributed by atoms with Gasteiger partial charge < -0.3 is 9.97 Å². The summed E-state index contributed by atoms with van der Waals surface area (Å²) in [6.45, 7) is 16.0. The number of nitrogens with one attached hydrogen (secondary N) is 3. The Balaban J connectivity index is 2.09. The van der Waals surface area contributed by atoms with E-state index < -0.39 is 0 Å². The number of H-pyrrole nitrogens is 2. The fraction of sp³-hybridized carbons (Fsp3) is 0.135. The van der Waals surface area contributed by atoms with Gasteiger partial charge in [-0.2, -0.15) is 0 Å². The zero-order valence-electron chi connectivity index (χ0n) is 26.0. The minimum atomic E-state index is 0.0924. The largest absolute Gasteiger partial charge is 0.324 e. The molecular weight excluding hydrogens is 556 g/mol. The lowest BCUT2D eigenvalue weighted by Crippen LogP contribution is -2.04. The Kier molecular flexibility index (Phi) is 9.34. The molecule has 1 aromatic carbocycles. The molecule has 0 fully saturated rings. The van der Waals surface area contributed by atoms with E-state index in [4.69, 9.17) is 30.3 Å². The van der Waals surface area contributed by atoms with Crippen LogP contribution in [0.5, 0.6) is 0 Å². The Hall–Kier alpha value is -5.76. The highest BCUT2D eigenvalue weighted by Crippen LogP contribution is 2.30. The Bertz CT molecular complexity index is 2190. The van der Waals surface area contributed by atoms with Crippen molar-refractivity contribution >= 4 is 62.7 Å². The van der Waals surface area contributed by atoms with Gasteiger partial charge in [-0.1, -0.05) is 98.2 Å². The van der Waals surface area contributed by atoms with Gasteiger partial charge in [0.25, 0.3) is 0 Å². The Morgan fingerprint density at radius 1 is 0.689 bits per heavy atom. The summed E-state index contributed by atoms with van der Waals surface area (Å²) in [5.74, 6) is 0.965. The van der Waals surface area contributed by atoms with Crippen LogP contribution >= 0.6 is 0 Å². The van der Waals surface area contributed by atoms with Crippen LogP contribution in [-0.4, -0.2) is 34.9 Å². The monoisotopic (exact) mass is 592 g/mol. The van der Waals surface area contributed by atoms with Crippen molar-refractivity contribution in [1.29, 1.82) is 5.41 Å². The van der Waals surface area contributed by atoms with Gasteiger partial charge in [0, 0.05) is 50.4 Å². The van der Waals surface area contributed by atoms with Gasteiger partial charge in [0.15, 0.2) is 17.1 Å². The van der Waals surface area contributed by atoms with Crippen LogP contribution in [0.2, 0.25) is 0 Å². The predicted octanol–water partition coefficient (Wildman–Crippen LogP) is 8.32. The normalized spacial score (nSPS) is 12.8. The number of allylic oxidation sites excluding steroid dienone is 9. The zero-order chi connectivity index (χ0) is 31.9. The standard InChI is InChI=1S/C37H36N8/c1-7-13-20-30-29(18-10-4)35-40-31(38)26-21-15-14-19-23(26)22-39-32-27(16-8-2)24(11-5)33(41-32)42-34-25(12-6)28(17-9-3)36(43-34)45-37(30)44-35/h7-19,21-22H,5-6,20H2,1-4H3,(H3,38,39,40,41,42,43,44,45)/b13-7-,16-8-,17-9-,18-10-. The molecule has 6 bridgehead atoms. The molecule has 0 saturated heterocycles. The molecule has 0 radical (unpaired) electrons. The van der Waals surface area contributed by atoms with E-state index in [0.717, 1.165) is 38.8 Å². The van der Waals surface area contributed by atoms with E-state index in [9.17, 15) is 0 Å². The minimum absolute atomic E-state index is 0.0924. The molecular formula is C37H36N8. The number of hydrogen-bond acceptors (Lipinski definition) is 6. The summed E-state index contributed by atoms with van der Waals surface area (Å²) in [5, 5.41) is 10.4. The van der Waals surface area contributed by atoms with Crippen LogP contribution in [-0.2, 0) is 6.42 Å². The molecule has 8 heteroatoms. The maximum Gasteiger partial charge on any atom is 0.164 e. The first-order chi connectivity index (χ1) is 22.0. The lowest BCUT2D eigenvalue weighted by atomic mass is 10.1. The summed E-state index contributed by atoms with van der Waals surface area (Å²) in [5.41, 5.74) is 7.46. The van der Waals surface area contributed by atoms with Crippen LogP contribution in [0, 0.1) is 5.41 Å². The molecule has 0 unspecified atom stereocenters. The van der Waals surface area contributed by atoms with E-state index in [1.807, 2.05) is 94.5 Å². The summed E-state index contributed by atoms with van der Waals surface area (Å²) in [7, 11) is 0. The van der Waals surface area contributed by atoms with Crippen molar-refractivity contribution in [2.45, 2.75) is 34.1 Å². The van der Waals surface area contributed by atoms with Crippen molar-refractivity contribution in [3.05, 3.63) is 126 Å². The van der Waals surface area contributed by atoms with Gasteiger partial charge in [-0.3, -0.25) is 5.41 Å². The number of aromatic amines is 2. The smallest absolute Gasteiger partial charge is 0.164 e. The van der Waals surface area contributed by atoms with E-state index in [2.05, 4.69) is 29.2 Å². The quantitative estimate of drug-likeness (QED) is 0.186. The molecule has 3 N–H and O–H groups in total. The maximum absolute atomic E-state index is 9.06. The molecule has 8 nitrogen and oxygen atoms in total. The Morgan fingerprint density at radius 3 is 2.09 bits per heavy atom. The second kappa shape index (κ2) is 13.7. The SMILES string of the molecule is C=CC1=C(/C=C\C)c2ncc3ccccc3c(=N)nc3[nH]c(nc4[nH]c(nc1n2)c(C=C)c4/C=C\C)c(C/C=C\C)c3/C=C\C. The molecule has 0 saturated carbocycles. The molecule has 4 heterocycles. The highest BCUT2D eigenvalue weighted by Gasteiger charge is 2.19. The third-order valence-corrected chi connectivity index (χ3v) is 7.30. The molecule has 0 atom stereocenters. The summed E-state index contributed by atoms with van der Waals surface area (Å²) >= 11 is 0. The van der Waals surface area contributed by atoms with Crippen molar-refractivity contribution in [3.63, 3.8) is 0 Å². The second-order valence-electron chi connectivity index (χ2n) is 10.2. The minimum Gasteiger partial charge on any atom is -0.324 e. The molecule has 1 aliphatic rings. The fourth-order valence-corrected chi connectivity index (χ4v) is 5.24. The molecule has 0 amide bonds. The lowest BCUT2D eigenvalue weighted by Gasteiger charge is -1.97. The van der Waals surface area contributed by atoms with Crippen LogP contribution in [0.15, 0.2) is 86.2 Å². The summed E-state index contributed by atoms with van der Waals surface area (Å²) in [6.07, 6.45) is 21.7. The third-order valence-electron chi connectivity index (χ3n) is 7.30. The molecule has 0 aliphatic carbocycles. The van der Waals surface area contributed by atoms with Gasteiger partial charge in [0.1, 0.15) is 22.6 Å². The first-order valence-electron chi connectivity index (χ1n) is 14.8. The van der Waals surface area contributed by atoms with Crippen LogP contribution in [0.1, 0.15) is 61.6 Å². The van der Waals surface area contributed by atoms with Gasteiger partial charge in [0.05, 0.1) is 0 Å². The predicted molar refractivity (Wildman–Crippen MR) is 188 cm³/mol. The average molecular weight is 593 g/mol. The van der Waals surface area contributed by atoms with Crippen LogP contribution < -0.4 is 5.49 Å². The average Bonchev–Trinajstić information content (AvgIpc) is 3.65. The van der Waals surface area contributed by atoms with E-state index in [1.54, 1.807) is 18.3 Å². The molecule has 5 rings (SSSR count). The number of nitrogens with zero attached hydrogens (tertiary/aromatic N) is 5. The Labute approximate surface area is 262 Å². The Morgan fingerprint density at radius 2 is 1.38 bits per heavy atom. The van der Waals surface area contributed by atoms with E-state index in [1.165, 1.54) is 0 Å². The summed E-state index contributed by atoms with van der Waals surface area (Å²) in [6, 6.07) is 7.58. The van der Waals surface area contributed by atoms with Crippen molar-refractivity contribution in [2.75, 3.05) is 0 Å². The van der Waals surface area contributed by atoms with Gasteiger partial charge in [-0.25, -0.2) is 24.9 Å². The summed E-state index contributed by atoms with van der Waals surface area (Å²) in [4.78, 5) is 31.3. The highest BCUT2D eigenvalue weighted by atomic mass is 15.0. The number of fused-ring (bicyclic) bond motifs is 7. The van der Waals surface area contributed by atoms with Crippen molar-refractivity contribution in [3.8, 4) is 0 Å². The molecule has 3 aromatic heterocycles. The highest BCUT2D eigenvalue weighted by molar-refractivity contribution is 5.99. The lowest BCUT2D eigenvalue weighted by molar-refractivity contribution is 1.11. The van der Waals surface area contributed by atoms with Gasteiger partial charge >= 0.3 is 0 Å². The number of benzene rings is 1. The first kappa shape index (κ1) is 30.7. The van der Waals surface area contributed by atoms with E-state index in [-0.39, 0.29) is 5.49 Å². The first-order valence-corrected chi connectivity index (χ1v) is 14.8. The van der Waals surface area contributed by atoms with Gasteiger partial charge in [-0.15, -0.1) is 0 Å². The second-order valence-corrected chi connectivity index (χ2v) is 10.2. The van der Waals surface area contributed by atoms with E-state index >= 15 is 0 Å². The van der Waals surface area contributed by atoms with Crippen LogP contribution in [0.25, 0.3) is 62.7 Å². The number of hydrogen-bond donors (Lipinski definition) is 3. The molecule has 1 aliphatic heterocycles.